The highest BCUT2D eigenvalue weighted by Crippen LogP contribution is 2.23. The average Bonchev–Trinajstić information content (AvgIpc) is 3.29. The number of benzene rings is 1. The lowest BCUT2D eigenvalue weighted by Crippen LogP contribution is -2.43. The number of hydrogen-bond donors (Lipinski definition) is 0. The molecule has 0 saturated carbocycles. The minimum absolute atomic E-state index is 0.142. The van der Waals surface area contributed by atoms with Crippen LogP contribution in [-0.4, -0.2) is 52.3 Å². The zero-order valence-electron chi connectivity index (χ0n) is 14.7. The van der Waals surface area contributed by atoms with E-state index in [1.54, 1.807) is 0 Å². The van der Waals surface area contributed by atoms with E-state index < -0.39 is 17.8 Å². The lowest BCUT2D eigenvalue weighted by atomic mass is 10.00. The van der Waals surface area contributed by atoms with Crippen LogP contribution in [0.1, 0.15) is 16.9 Å². The standard InChI is InChI=1S/C20H19N3O3S/c24-18-19(25)23(20(26)22(18)13-17-7-4-12-27-17)14-21-10-8-16(9-11-21)15-5-2-1-3-6-15/h1-8,12H,9-11,13-14H2. The van der Waals surface area contributed by atoms with Gasteiger partial charge in [-0.05, 0) is 29.0 Å². The van der Waals surface area contributed by atoms with Gasteiger partial charge in [0.2, 0.25) is 0 Å². The summed E-state index contributed by atoms with van der Waals surface area (Å²) in [6.07, 6.45) is 2.96. The molecule has 2 aliphatic heterocycles. The van der Waals surface area contributed by atoms with Crippen molar-refractivity contribution in [3.05, 3.63) is 64.4 Å². The molecule has 0 unspecified atom stereocenters. The van der Waals surface area contributed by atoms with E-state index in [0.717, 1.165) is 27.6 Å². The Morgan fingerprint density at radius 3 is 2.37 bits per heavy atom. The van der Waals surface area contributed by atoms with Crippen LogP contribution in [0, 0.1) is 0 Å². The Hall–Kier alpha value is -2.77. The van der Waals surface area contributed by atoms with Crippen molar-refractivity contribution in [1.29, 1.82) is 0 Å². The number of hydrogen-bond acceptors (Lipinski definition) is 5. The predicted molar refractivity (Wildman–Crippen MR) is 103 cm³/mol. The molecule has 0 bridgehead atoms. The van der Waals surface area contributed by atoms with E-state index in [2.05, 4.69) is 18.2 Å². The zero-order valence-corrected chi connectivity index (χ0v) is 15.5. The maximum Gasteiger partial charge on any atom is 0.335 e. The first kappa shape index (κ1) is 17.6. The van der Waals surface area contributed by atoms with E-state index >= 15 is 0 Å². The van der Waals surface area contributed by atoms with E-state index in [9.17, 15) is 14.4 Å². The summed E-state index contributed by atoms with van der Waals surface area (Å²) in [5.74, 6) is -1.49. The lowest BCUT2D eigenvalue weighted by Gasteiger charge is -2.29. The molecule has 0 N–H and O–H groups in total. The molecule has 2 aromatic rings. The molecule has 2 aliphatic rings. The van der Waals surface area contributed by atoms with Crippen molar-refractivity contribution in [2.24, 2.45) is 0 Å². The second kappa shape index (κ2) is 7.46. The number of carbonyl (C=O) groups is 3. The molecule has 138 valence electrons. The van der Waals surface area contributed by atoms with Crippen LogP contribution in [0.4, 0.5) is 4.79 Å². The van der Waals surface area contributed by atoms with Crippen molar-refractivity contribution < 1.29 is 14.4 Å². The molecule has 1 fully saturated rings. The number of urea groups is 1. The monoisotopic (exact) mass is 381 g/mol. The zero-order chi connectivity index (χ0) is 18.8. The van der Waals surface area contributed by atoms with Crippen LogP contribution >= 0.6 is 11.3 Å². The number of thiophene rings is 1. The second-order valence-corrected chi connectivity index (χ2v) is 7.58. The maximum atomic E-state index is 12.6. The molecule has 6 nitrogen and oxygen atoms in total. The normalized spacial score (nSPS) is 18.4. The number of nitrogens with zero attached hydrogens (tertiary/aromatic N) is 3. The molecule has 3 heterocycles. The van der Waals surface area contributed by atoms with Gasteiger partial charge in [0.05, 0.1) is 13.2 Å². The minimum atomic E-state index is -0.745. The third-order valence-corrected chi connectivity index (χ3v) is 5.67. The molecule has 4 rings (SSSR count). The summed E-state index contributed by atoms with van der Waals surface area (Å²) in [7, 11) is 0. The fourth-order valence-corrected chi connectivity index (χ4v) is 4.02. The van der Waals surface area contributed by atoms with Crippen LogP contribution in [0.3, 0.4) is 0 Å². The van der Waals surface area contributed by atoms with Gasteiger partial charge in [0.15, 0.2) is 0 Å². The minimum Gasteiger partial charge on any atom is -0.281 e. The molecule has 0 atom stereocenters. The second-order valence-electron chi connectivity index (χ2n) is 6.55. The molecular weight excluding hydrogens is 362 g/mol. The van der Waals surface area contributed by atoms with E-state index in [-0.39, 0.29) is 13.2 Å². The molecule has 1 aromatic carbocycles. The van der Waals surface area contributed by atoms with Crippen molar-refractivity contribution in [3.63, 3.8) is 0 Å². The molecule has 4 amide bonds. The van der Waals surface area contributed by atoms with Gasteiger partial charge in [-0.2, -0.15) is 0 Å². The molecule has 1 aromatic heterocycles. The van der Waals surface area contributed by atoms with E-state index in [1.807, 2.05) is 40.6 Å². The average molecular weight is 381 g/mol. The van der Waals surface area contributed by atoms with E-state index in [4.69, 9.17) is 0 Å². The van der Waals surface area contributed by atoms with Gasteiger partial charge in [0.25, 0.3) is 0 Å². The highest BCUT2D eigenvalue weighted by atomic mass is 32.1. The van der Waals surface area contributed by atoms with Gasteiger partial charge in [-0.3, -0.25) is 19.4 Å². The van der Waals surface area contributed by atoms with Crippen LogP contribution in [-0.2, 0) is 16.1 Å². The number of carbonyl (C=O) groups excluding carboxylic acids is 3. The summed E-state index contributed by atoms with van der Waals surface area (Å²) in [6.45, 7) is 1.66. The Balaban J connectivity index is 1.41. The number of rotatable bonds is 5. The summed E-state index contributed by atoms with van der Waals surface area (Å²) in [4.78, 5) is 42.1. The summed E-state index contributed by atoms with van der Waals surface area (Å²) < 4.78 is 0. The van der Waals surface area contributed by atoms with Gasteiger partial charge in [0.1, 0.15) is 0 Å². The topological polar surface area (TPSA) is 60.9 Å². The van der Waals surface area contributed by atoms with Gasteiger partial charge in [-0.25, -0.2) is 9.69 Å². The summed E-state index contributed by atoms with van der Waals surface area (Å²) in [5, 5.41) is 1.88. The van der Waals surface area contributed by atoms with Gasteiger partial charge in [-0.15, -0.1) is 11.3 Å². The first-order valence-corrected chi connectivity index (χ1v) is 9.68. The number of amides is 4. The van der Waals surface area contributed by atoms with Crippen molar-refractivity contribution in [1.82, 2.24) is 14.7 Å². The maximum absolute atomic E-state index is 12.6. The first-order chi connectivity index (χ1) is 13.1. The van der Waals surface area contributed by atoms with Crippen LogP contribution in [0.5, 0.6) is 0 Å². The molecule has 0 radical (unpaired) electrons. The summed E-state index contributed by atoms with van der Waals surface area (Å²) >= 11 is 1.46. The fraction of sp³-hybridized carbons (Fsp3) is 0.250. The van der Waals surface area contributed by atoms with Gasteiger partial charge < -0.3 is 0 Å². The van der Waals surface area contributed by atoms with E-state index in [0.29, 0.717) is 6.54 Å². The smallest absolute Gasteiger partial charge is 0.281 e. The molecule has 27 heavy (non-hydrogen) atoms. The fourth-order valence-electron chi connectivity index (χ4n) is 3.33. The molecule has 0 aliphatic carbocycles. The predicted octanol–water partition coefficient (Wildman–Crippen LogP) is 2.79. The largest absolute Gasteiger partial charge is 0.335 e. The summed E-state index contributed by atoms with van der Waals surface area (Å²) in [5.41, 5.74) is 2.46. The SMILES string of the molecule is O=C1C(=O)N(CN2CC=C(c3ccccc3)CC2)C(=O)N1Cc1cccs1. The van der Waals surface area contributed by atoms with Gasteiger partial charge >= 0.3 is 17.8 Å². The highest BCUT2D eigenvalue weighted by Gasteiger charge is 2.45. The Morgan fingerprint density at radius 2 is 1.70 bits per heavy atom. The third-order valence-electron chi connectivity index (χ3n) is 4.81. The van der Waals surface area contributed by atoms with Crippen LogP contribution < -0.4 is 0 Å². The Kier molecular flexibility index (Phi) is 4.87. The van der Waals surface area contributed by atoms with Gasteiger partial charge in [0, 0.05) is 18.0 Å². The molecule has 0 spiro atoms. The van der Waals surface area contributed by atoms with Crippen molar-refractivity contribution in [3.8, 4) is 0 Å². The Labute approximate surface area is 161 Å². The first-order valence-electron chi connectivity index (χ1n) is 8.80. The molecule has 1 saturated heterocycles. The number of imide groups is 2. The van der Waals surface area contributed by atoms with Gasteiger partial charge in [-0.1, -0.05) is 42.5 Å². The quantitative estimate of drug-likeness (QED) is 0.590. The van der Waals surface area contributed by atoms with Crippen molar-refractivity contribution >= 4 is 34.8 Å². The lowest BCUT2D eigenvalue weighted by molar-refractivity contribution is -0.144. The Bertz CT molecular complexity index is 892. The van der Waals surface area contributed by atoms with Crippen molar-refractivity contribution in [2.45, 2.75) is 13.0 Å². The molecular formula is C20H19N3O3S. The van der Waals surface area contributed by atoms with E-state index in [1.165, 1.54) is 22.5 Å². The Morgan fingerprint density at radius 1 is 0.926 bits per heavy atom. The third kappa shape index (κ3) is 3.56. The van der Waals surface area contributed by atoms with Crippen LogP contribution in [0.15, 0.2) is 53.9 Å². The summed E-state index contributed by atoms with van der Waals surface area (Å²) in [6, 6.07) is 13.3. The van der Waals surface area contributed by atoms with Crippen molar-refractivity contribution in [2.75, 3.05) is 19.8 Å². The van der Waals surface area contributed by atoms with Crippen LogP contribution in [0.25, 0.3) is 5.57 Å². The van der Waals surface area contributed by atoms with Crippen LogP contribution in [0.2, 0.25) is 0 Å². The highest BCUT2D eigenvalue weighted by molar-refractivity contribution is 7.09. The molecule has 7 heteroatoms.